The summed E-state index contributed by atoms with van der Waals surface area (Å²) in [5, 5.41) is 0. The zero-order valence-corrected chi connectivity index (χ0v) is 16.1. The summed E-state index contributed by atoms with van der Waals surface area (Å²) in [7, 11) is 2.19. The maximum Gasteiger partial charge on any atom is 0.0234 e. The first-order valence-electron chi connectivity index (χ1n) is 8.80. The minimum Gasteiger partial charge on any atom is -0.298 e. The van der Waals surface area contributed by atoms with Crippen LogP contribution in [0.4, 0.5) is 0 Å². The fraction of sp³-hybridized carbons (Fsp3) is 0.391. The van der Waals surface area contributed by atoms with Gasteiger partial charge in [0.2, 0.25) is 0 Å². The molecule has 0 aromatic heterocycles. The maximum atomic E-state index is 2.37. The Morgan fingerprint density at radius 1 is 0.958 bits per heavy atom. The SMILES string of the molecule is CC=C(C)c1cccc(CN(C)Cc2ccc(C(C)(C)C)cc2)c1. The lowest BCUT2D eigenvalue weighted by molar-refractivity contribution is 0.319. The van der Waals surface area contributed by atoms with Crippen molar-refractivity contribution in [2.45, 2.75) is 53.1 Å². The molecular formula is C23H31N. The predicted molar refractivity (Wildman–Crippen MR) is 106 cm³/mol. The standard InChI is InChI=1S/C23H31N/c1-7-18(2)21-10-8-9-20(15-21)17-24(6)16-19-11-13-22(14-12-19)23(3,4)5/h7-15H,16-17H2,1-6H3. The van der Waals surface area contributed by atoms with Gasteiger partial charge in [-0.1, -0.05) is 75.4 Å². The normalized spacial score (nSPS) is 12.7. The van der Waals surface area contributed by atoms with Crippen LogP contribution in [-0.4, -0.2) is 11.9 Å². The van der Waals surface area contributed by atoms with E-state index < -0.39 is 0 Å². The molecule has 0 N–H and O–H groups in total. The van der Waals surface area contributed by atoms with Gasteiger partial charge in [0.05, 0.1) is 0 Å². The van der Waals surface area contributed by atoms with Gasteiger partial charge in [-0.2, -0.15) is 0 Å². The van der Waals surface area contributed by atoms with E-state index in [0.29, 0.717) is 0 Å². The second-order valence-corrected chi connectivity index (χ2v) is 7.79. The van der Waals surface area contributed by atoms with Crippen molar-refractivity contribution in [3.63, 3.8) is 0 Å². The summed E-state index contributed by atoms with van der Waals surface area (Å²) in [5.74, 6) is 0. The molecule has 0 bridgehead atoms. The molecule has 0 radical (unpaired) electrons. The van der Waals surface area contributed by atoms with Crippen LogP contribution in [-0.2, 0) is 18.5 Å². The summed E-state index contributed by atoms with van der Waals surface area (Å²) in [6.07, 6.45) is 2.17. The summed E-state index contributed by atoms with van der Waals surface area (Å²) < 4.78 is 0. The summed E-state index contributed by atoms with van der Waals surface area (Å²) in [4.78, 5) is 2.37. The summed E-state index contributed by atoms with van der Waals surface area (Å²) >= 11 is 0. The van der Waals surface area contributed by atoms with Gasteiger partial charge in [-0.3, -0.25) is 4.90 Å². The van der Waals surface area contributed by atoms with Crippen molar-refractivity contribution < 1.29 is 0 Å². The number of hydrogen-bond donors (Lipinski definition) is 0. The van der Waals surface area contributed by atoms with Crippen LogP contribution < -0.4 is 0 Å². The molecule has 1 nitrogen and oxygen atoms in total. The van der Waals surface area contributed by atoms with Gasteiger partial charge in [-0.05, 0) is 54.1 Å². The molecular weight excluding hydrogens is 290 g/mol. The smallest absolute Gasteiger partial charge is 0.0234 e. The predicted octanol–water partition coefficient (Wildman–Crippen LogP) is 6.04. The van der Waals surface area contributed by atoms with Crippen LogP contribution >= 0.6 is 0 Å². The largest absolute Gasteiger partial charge is 0.298 e. The molecule has 0 unspecified atom stereocenters. The first kappa shape index (κ1) is 18.5. The van der Waals surface area contributed by atoms with E-state index in [1.165, 1.54) is 27.8 Å². The zero-order chi connectivity index (χ0) is 17.7. The van der Waals surface area contributed by atoms with Crippen LogP contribution in [0.2, 0.25) is 0 Å². The van der Waals surface area contributed by atoms with Crippen LogP contribution in [0.15, 0.2) is 54.6 Å². The quantitative estimate of drug-likeness (QED) is 0.649. The van der Waals surface area contributed by atoms with Crippen molar-refractivity contribution in [1.29, 1.82) is 0 Å². The fourth-order valence-electron chi connectivity index (χ4n) is 2.87. The number of benzene rings is 2. The zero-order valence-electron chi connectivity index (χ0n) is 16.1. The lowest BCUT2D eigenvalue weighted by Gasteiger charge is -2.21. The highest BCUT2D eigenvalue weighted by atomic mass is 15.1. The second kappa shape index (κ2) is 7.81. The number of rotatable bonds is 5. The van der Waals surface area contributed by atoms with E-state index in [9.17, 15) is 0 Å². The third-order valence-corrected chi connectivity index (χ3v) is 4.54. The molecule has 24 heavy (non-hydrogen) atoms. The van der Waals surface area contributed by atoms with Crippen LogP contribution in [0.3, 0.4) is 0 Å². The molecule has 0 saturated heterocycles. The first-order valence-corrected chi connectivity index (χ1v) is 8.80. The van der Waals surface area contributed by atoms with Crippen molar-refractivity contribution in [3.05, 3.63) is 76.9 Å². The lowest BCUT2D eigenvalue weighted by Crippen LogP contribution is -2.17. The summed E-state index contributed by atoms with van der Waals surface area (Å²) in [5.41, 5.74) is 6.99. The van der Waals surface area contributed by atoms with E-state index in [1.54, 1.807) is 0 Å². The van der Waals surface area contributed by atoms with E-state index in [4.69, 9.17) is 0 Å². The lowest BCUT2D eigenvalue weighted by atomic mass is 9.87. The van der Waals surface area contributed by atoms with Gasteiger partial charge in [0, 0.05) is 13.1 Å². The van der Waals surface area contributed by atoms with Crippen molar-refractivity contribution in [2.75, 3.05) is 7.05 Å². The molecule has 1 heteroatoms. The van der Waals surface area contributed by atoms with Crippen molar-refractivity contribution in [2.24, 2.45) is 0 Å². The molecule has 0 spiro atoms. The third kappa shape index (κ3) is 5.07. The fourth-order valence-corrected chi connectivity index (χ4v) is 2.87. The Bertz CT molecular complexity index is 687. The Morgan fingerprint density at radius 2 is 1.58 bits per heavy atom. The van der Waals surface area contributed by atoms with E-state index in [2.05, 4.69) is 101 Å². The van der Waals surface area contributed by atoms with Crippen molar-refractivity contribution in [3.8, 4) is 0 Å². The Hall–Kier alpha value is -1.86. The maximum absolute atomic E-state index is 2.37. The minimum atomic E-state index is 0.218. The number of hydrogen-bond acceptors (Lipinski definition) is 1. The molecule has 0 aliphatic heterocycles. The van der Waals surface area contributed by atoms with Gasteiger partial charge >= 0.3 is 0 Å². The molecule has 0 atom stereocenters. The molecule has 0 saturated carbocycles. The van der Waals surface area contributed by atoms with Crippen LogP contribution in [0.25, 0.3) is 5.57 Å². The van der Waals surface area contributed by atoms with Crippen LogP contribution in [0.1, 0.15) is 56.9 Å². The Morgan fingerprint density at radius 3 is 2.17 bits per heavy atom. The average Bonchev–Trinajstić information content (AvgIpc) is 2.54. The van der Waals surface area contributed by atoms with Gasteiger partial charge in [-0.25, -0.2) is 0 Å². The summed E-state index contributed by atoms with van der Waals surface area (Å²) in [6.45, 7) is 13.0. The highest BCUT2D eigenvalue weighted by Gasteiger charge is 2.13. The molecule has 2 aromatic rings. The molecule has 128 valence electrons. The van der Waals surface area contributed by atoms with Gasteiger partial charge in [0.25, 0.3) is 0 Å². The van der Waals surface area contributed by atoms with Crippen LogP contribution in [0, 0.1) is 0 Å². The highest BCUT2D eigenvalue weighted by Crippen LogP contribution is 2.22. The first-order chi connectivity index (χ1) is 11.3. The third-order valence-electron chi connectivity index (χ3n) is 4.54. The molecule has 0 heterocycles. The summed E-state index contributed by atoms with van der Waals surface area (Å²) in [6, 6.07) is 17.9. The molecule has 2 aromatic carbocycles. The Kier molecular flexibility index (Phi) is 6.01. The van der Waals surface area contributed by atoms with E-state index >= 15 is 0 Å². The Labute approximate surface area is 148 Å². The minimum absolute atomic E-state index is 0.218. The monoisotopic (exact) mass is 321 g/mol. The van der Waals surface area contributed by atoms with E-state index in [-0.39, 0.29) is 5.41 Å². The highest BCUT2D eigenvalue weighted by molar-refractivity contribution is 5.63. The van der Waals surface area contributed by atoms with Gasteiger partial charge in [0.1, 0.15) is 0 Å². The van der Waals surface area contributed by atoms with Crippen molar-refractivity contribution >= 4 is 5.57 Å². The number of allylic oxidation sites excluding steroid dienone is 2. The number of nitrogens with zero attached hydrogens (tertiary/aromatic N) is 1. The van der Waals surface area contributed by atoms with Gasteiger partial charge in [-0.15, -0.1) is 0 Å². The Balaban J connectivity index is 2.02. The average molecular weight is 322 g/mol. The van der Waals surface area contributed by atoms with Crippen LogP contribution in [0.5, 0.6) is 0 Å². The molecule has 0 aliphatic carbocycles. The molecule has 0 amide bonds. The topological polar surface area (TPSA) is 3.24 Å². The van der Waals surface area contributed by atoms with E-state index in [1.807, 2.05) is 0 Å². The second-order valence-electron chi connectivity index (χ2n) is 7.79. The molecule has 0 fully saturated rings. The molecule has 2 rings (SSSR count). The van der Waals surface area contributed by atoms with E-state index in [0.717, 1.165) is 13.1 Å². The van der Waals surface area contributed by atoms with Gasteiger partial charge in [0.15, 0.2) is 0 Å². The van der Waals surface area contributed by atoms with Gasteiger partial charge < -0.3 is 0 Å². The molecule has 0 aliphatic rings. The van der Waals surface area contributed by atoms with Crippen molar-refractivity contribution in [1.82, 2.24) is 4.90 Å².